The van der Waals surface area contributed by atoms with E-state index in [2.05, 4.69) is 0 Å². The molecule has 0 saturated heterocycles. The van der Waals surface area contributed by atoms with Crippen LogP contribution in [0.4, 0.5) is 0 Å². The maximum atomic E-state index is 12.3. The molecule has 2 aliphatic heterocycles. The molecule has 0 N–H and O–H groups in total. The number of carbonyl (C=O) groups excluding carboxylic acids is 4. The van der Waals surface area contributed by atoms with Crippen molar-refractivity contribution in [3.8, 4) is 11.5 Å². The van der Waals surface area contributed by atoms with Crippen LogP contribution >= 0.6 is 0 Å². The van der Waals surface area contributed by atoms with Gasteiger partial charge in [-0.1, -0.05) is 63.5 Å². The Morgan fingerprint density at radius 1 is 0.500 bits per heavy atom. The fourth-order valence-corrected chi connectivity index (χ4v) is 5.86. The fourth-order valence-electron chi connectivity index (χ4n) is 5.86. The second-order valence-corrected chi connectivity index (χ2v) is 13.5. The molecule has 0 aromatic heterocycles. The van der Waals surface area contributed by atoms with Crippen LogP contribution in [-0.4, -0.2) is 62.9 Å². The van der Waals surface area contributed by atoms with E-state index in [1.165, 1.54) is 0 Å². The molecule has 304 valence electrons. The number of hydrogen-bond donors (Lipinski definition) is 0. The van der Waals surface area contributed by atoms with Gasteiger partial charge in [-0.15, -0.1) is 0 Å². The molecular formula is C44H56O12. The highest BCUT2D eigenvalue weighted by molar-refractivity contribution is 5.94. The summed E-state index contributed by atoms with van der Waals surface area (Å²) in [5.41, 5.74) is 0. The monoisotopic (exact) mass is 776 g/mol. The third-order valence-corrected chi connectivity index (χ3v) is 8.90. The lowest BCUT2D eigenvalue weighted by Gasteiger charge is -2.19. The van der Waals surface area contributed by atoms with E-state index in [0.717, 1.165) is 138 Å². The first-order valence-corrected chi connectivity index (χ1v) is 20.0. The van der Waals surface area contributed by atoms with Gasteiger partial charge in [0.2, 0.25) is 0 Å². The number of benzene rings is 2. The molecule has 0 saturated carbocycles. The van der Waals surface area contributed by atoms with Gasteiger partial charge in [0.1, 0.15) is 11.5 Å². The topological polar surface area (TPSA) is 142 Å². The molecule has 0 fully saturated rings. The predicted octanol–water partition coefficient (Wildman–Crippen LogP) is 8.86. The molecule has 2 aromatic carbocycles. The highest BCUT2D eigenvalue weighted by Crippen LogP contribution is 2.25. The zero-order chi connectivity index (χ0) is 39.5. The first kappa shape index (κ1) is 43.8. The Balaban J connectivity index is 1.01. The lowest BCUT2D eigenvalue weighted by atomic mass is 10.1. The molecule has 0 bridgehead atoms. The van der Waals surface area contributed by atoms with Crippen LogP contribution in [0.5, 0.6) is 11.5 Å². The van der Waals surface area contributed by atoms with Crippen LogP contribution in [0.25, 0.3) is 10.8 Å². The molecule has 0 radical (unpaired) electrons. The van der Waals surface area contributed by atoms with Gasteiger partial charge in [0.25, 0.3) is 0 Å². The van der Waals surface area contributed by atoms with E-state index in [4.69, 9.17) is 37.9 Å². The molecule has 2 unspecified atom stereocenters. The smallest absolute Gasteiger partial charge is 0.336 e. The zero-order valence-electron chi connectivity index (χ0n) is 32.3. The predicted molar refractivity (Wildman–Crippen MR) is 209 cm³/mol. The van der Waals surface area contributed by atoms with E-state index < -0.39 is 23.9 Å². The first-order chi connectivity index (χ1) is 27.4. The van der Waals surface area contributed by atoms with Gasteiger partial charge in [0, 0.05) is 37.1 Å². The molecular weight excluding hydrogens is 720 g/mol. The van der Waals surface area contributed by atoms with E-state index in [0.29, 0.717) is 13.2 Å². The van der Waals surface area contributed by atoms with Gasteiger partial charge >= 0.3 is 23.9 Å². The molecule has 12 nitrogen and oxygen atoms in total. The van der Waals surface area contributed by atoms with Crippen molar-refractivity contribution in [1.29, 1.82) is 0 Å². The number of fused-ring (bicyclic) bond motifs is 1. The van der Waals surface area contributed by atoms with Crippen molar-refractivity contribution in [2.45, 2.75) is 115 Å². The summed E-state index contributed by atoms with van der Waals surface area (Å²) in [6.45, 7) is 1.96. The van der Waals surface area contributed by atoms with Crippen LogP contribution in [0.15, 0.2) is 85.4 Å². The van der Waals surface area contributed by atoms with E-state index in [9.17, 15) is 19.2 Å². The molecule has 0 aliphatic carbocycles. The van der Waals surface area contributed by atoms with Crippen molar-refractivity contribution >= 4 is 34.6 Å². The third-order valence-electron chi connectivity index (χ3n) is 8.90. The Bertz CT molecular complexity index is 1510. The number of esters is 4. The van der Waals surface area contributed by atoms with Gasteiger partial charge in [-0.3, -0.25) is 0 Å². The van der Waals surface area contributed by atoms with Gasteiger partial charge in [-0.25, -0.2) is 19.2 Å². The van der Waals surface area contributed by atoms with Crippen LogP contribution < -0.4 is 9.47 Å². The largest absolute Gasteiger partial charge is 0.473 e. The Labute approximate surface area is 329 Å². The number of hydrogen-bond acceptors (Lipinski definition) is 12. The minimum atomic E-state index is -0.719. The normalized spacial score (nSPS) is 16.4. The number of carbonyl (C=O) groups is 4. The Hall–Kier alpha value is -4.94. The number of rotatable bonds is 26. The Kier molecular flexibility index (Phi) is 20.9. The van der Waals surface area contributed by atoms with Gasteiger partial charge in [0.15, 0.2) is 12.6 Å². The SMILES string of the molecule is O=C(C=CC(=O)Oc1ccc2cc(OC(=O)C=CC(=O)OCCCCCCCCOC3CCC=CO3)ccc2c1)OCCCCCCCCOC1CCC=CO1. The molecule has 2 atom stereocenters. The van der Waals surface area contributed by atoms with Crippen LogP contribution in [0.1, 0.15) is 103 Å². The fraction of sp³-hybridized carbons (Fsp3) is 0.500. The maximum Gasteiger partial charge on any atom is 0.336 e. The quantitative estimate of drug-likeness (QED) is 0.0390. The molecule has 4 rings (SSSR count). The molecule has 2 aliphatic rings. The summed E-state index contributed by atoms with van der Waals surface area (Å²) in [6, 6.07) is 9.89. The second kappa shape index (κ2) is 26.8. The highest BCUT2D eigenvalue weighted by atomic mass is 16.7. The van der Waals surface area contributed by atoms with Crippen molar-refractivity contribution in [1.82, 2.24) is 0 Å². The van der Waals surface area contributed by atoms with Gasteiger partial charge in [-0.05, 0) is 85.7 Å². The van der Waals surface area contributed by atoms with Crippen LogP contribution in [0.2, 0.25) is 0 Å². The summed E-state index contributed by atoms with van der Waals surface area (Å²) in [4.78, 5) is 48.6. The molecule has 2 heterocycles. The summed E-state index contributed by atoms with van der Waals surface area (Å²) in [5.74, 6) is -2.09. The average molecular weight is 777 g/mol. The summed E-state index contributed by atoms with van der Waals surface area (Å²) in [6.07, 6.45) is 26.9. The van der Waals surface area contributed by atoms with Crippen molar-refractivity contribution in [2.75, 3.05) is 26.4 Å². The summed E-state index contributed by atoms with van der Waals surface area (Å²) in [5, 5.41) is 1.46. The minimum Gasteiger partial charge on any atom is -0.473 e. The van der Waals surface area contributed by atoms with Crippen LogP contribution in [0, 0.1) is 0 Å². The standard InChI is InChI=1S/C44H56O12/c45-39(49-27-11-5-1-3-7-13-29-51-43-17-9-15-31-53-43)23-25-41(47)55-37-21-19-36-34-38(22-20-35(36)33-37)56-42(48)26-24-40(46)50-28-12-6-2-4-8-14-30-52-44-18-10-16-32-54-44/h15-16,19-26,31-34,43-44H,1-14,17-18,27-30H2. The van der Waals surface area contributed by atoms with E-state index in [1.54, 1.807) is 48.9 Å². The van der Waals surface area contributed by atoms with E-state index in [-0.39, 0.29) is 37.3 Å². The Morgan fingerprint density at radius 3 is 1.27 bits per heavy atom. The van der Waals surface area contributed by atoms with Gasteiger partial charge in [0.05, 0.1) is 39.0 Å². The molecule has 2 aromatic rings. The number of ether oxygens (including phenoxy) is 8. The zero-order valence-corrected chi connectivity index (χ0v) is 32.3. The van der Waals surface area contributed by atoms with Gasteiger partial charge < -0.3 is 37.9 Å². The van der Waals surface area contributed by atoms with Crippen LogP contribution in [0.3, 0.4) is 0 Å². The summed E-state index contributed by atoms with van der Waals surface area (Å²) in [7, 11) is 0. The van der Waals surface area contributed by atoms with Crippen molar-refractivity contribution < 1.29 is 57.1 Å². The maximum absolute atomic E-state index is 12.3. The van der Waals surface area contributed by atoms with Crippen LogP contribution in [-0.2, 0) is 47.6 Å². The molecule has 0 spiro atoms. The molecule has 56 heavy (non-hydrogen) atoms. The first-order valence-electron chi connectivity index (χ1n) is 20.0. The Morgan fingerprint density at radius 2 is 0.875 bits per heavy atom. The van der Waals surface area contributed by atoms with Crippen molar-refractivity contribution in [3.63, 3.8) is 0 Å². The lowest BCUT2D eigenvalue weighted by molar-refractivity contribution is -0.139. The van der Waals surface area contributed by atoms with E-state index >= 15 is 0 Å². The summed E-state index contributed by atoms with van der Waals surface area (Å²) < 4.78 is 43.2. The second-order valence-electron chi connectivity index (χ2n) is 13.5. The third kappa shape index (κ3) is 19.1. The number of allylic oxidation sites excluding steroid dienone is 2. The van der Waals surface area contributed by atoms with Crippen molar-refractivity contribution in [2.24, 2.45) is 0 Å². The summed E-state index contributed by atoms with van der Waals surface area (Å²) >= 11 is 0. The minimum absolute atomic E-state index is 0.115. The van der Waals surface area contributed by atoms with E-state index in [1.807, 2.05) is 12.2 Å². The lowest BCUT2D eigenvalue weighted by Crippen LogP contribution is -2.17. The van der Waals surface area contributed by atoms with Gasteiger partial charge in [-0.2, -0.15) is 0 Å². The molecule has 0 amide bonds. The number of unbranched alkanes of at least 4 members (excludes halogenated alkanes) is 10. The molecule has 12 heteroatoms. The highest BCUT2D eigenvalue weighted by Gasteiger charge is 2.12. The average Bonchev–Trinajstić information content (AvgIpc) is 3.21. The van der Waals surface area contributed by atoms with Crippen molar-refractivity contribution in [3.05, 3.63) is 85.4 Å².